The minimum absolute atomic E-state index is 0.320. The van der Waals surface area contributed by atoms with Crippen molar-refractivity contribution in [3.8, 4) is 11.5 Å². The molecule has 26 heavy (non-hydrogen) atoms. The van der Waals surface area contributed by atoms with Gasteiger partial charge in [0.1, 0.15) is 0 Å². The maximum Gasteiger partial charge on any atom is 0.269 e. The molecule has 0 saturated heterocycles. The van der Waals surface area contributed by atoms with E-state index in [0.29, 0.717) is 45.3 Å². The first-order chi connectivity index (χ1) is 12.4. The molecule has 0 heterocycles. The molecule has 7 heteroatoms. The third kappa shape index (κ3) is 5.71. The van der Waals surface area contributed by atoms with Crippen molar-refractivity contribution >= 4 is 34.8 Å². The Kier molecular flexibility index (Phi) is 7.42. The van der Waals surface area contributed by atoms with Crippen LogP contribution in [-0.2, 0) is 0 Å². The van der Waals surface area contributed by atoms with Crippen LogP contribution in [0.4, 0.5) is 5.69 Å². The first-order valence-corrected chi connectivity index (χ1v) is 8.98. The highest BCUT2D eigenvalue weighted by molar-refractivity contribution is 6.32. The van der Waals surface area contributed by atoms with Crippen molar-refractivity contribution in [2.45, 2.75) is 20.3 Å². The van der Waals surface area contributed by atoms with Crippen LogP contribution in [0.5, 0.6) is 11.5 Å². The number of methoxy groups -OCH3 is 1. The summed E-state index contributed by atoms with van der Waals surface area (Å²) < 4.78 is 11.1. The normalized spacial score (nSPS) is 10.5. The van der Waals surface area contributed by atoms with E-state index in [0.717, 1.165) is 6.42 Å². The smallest absolute Gasteiger partial charge is 0.269 e. The van der Waals surface area contributed by atoms with Gasteiger partial charge in [0.2, 0.25) is 0 Å². The minimum atomic E-state index is -0.362. The zero-order chi connectivity index (χ0) is 19.1. The van der Waals surface area contributed by atoms with Crippen LogP contribution in [0.1, 0.15) is 30.6 Å². The van der Waals surface area contributed by atoms with E-state index in [9.17, 15) is 4.79 Å². The van der Waals surface area contributed by atoms with E-state index in [1.54, 1.807) is 36.4 Å². The lowest BCUT2D eigenvalue weighted by molar-refractivity contribution is 0.0962. The molecule has 140 valence electrons. The summed E-state index contributed by atoms with van der Waals surface area (Å²) in [4.78, 5) is 12.4. The van der Waals surface area contributed by atoms with E-state index in [-0.39, 0.29) is 5.91 Å². The standard InChI is InChI=1S/C19H22Cl2N2O3/c1-12(2)7-8-26-18-16(21)9-13(10-17(18)25-3)19(24)23-22-15-6-4-5-14(20)11-15/h4-6,9-12,22H,7-8H2,1-3H3,(H,23,24). The van der Waals surface area contributed by atoms with Crippen molar-refractivity contribution in [3.05, 3.63) is 52.0 Å². The van der Waals surface area contributed by atoms with Gasteiger partial charge in [-0.05, 0) is 42.7 Å². The molecule has 5 nitrogen and oxygen atoms in total. The number of amides is 1. The number of nitrogens with one attached hydrogen (secondary N) is 2. The van der Waals surface area contributed by atoms with Crippen LogP contribution in [-0.4, -0.2) is 19.6 Å². The third-order valence-corrected chi connectivity index (χ3v) is 4.09. The Bertz CT molecular complexity index is 766. The maximum atomic E-state index is 12.4. The van der Waals surface area contributed by atoms with Gasteiger partial charge >= 0.3 is 0 Å². The summed E-state index contributed by atoms with van der Waals surface area (Å²) in [5.74, 6) is 1.00. The highest BCUT2D eigenvalue weighted by Crippen LogP contribution is 2.36. The molecular formula is C19H22Cl2N2O3. The molecule has 0 aliphatic rings. The van der Waals surface area contributed by atoms with Gasteiger partial charge in [-0.15, -0.1) is 0 Å². The number of hydrogen-bond donors (Lipinski definition) is 2. The summed E-state index contributed by atoms with van der Waals surface area (Å²) in [5.41, 5.74) is 6.41. The van der Waals surface area contributed by atoms with Crippen molar-refractivity contribution < 1.29 is 14.3 Å². The van der Waals surface area contributed by atoms with E-state index in [1.165, 1.54) is 7.11 Å². The fourth-order valence-electron chi connectivity index (χ4n) is 2.16. The van der Waals surface area contributed by atoms with Crippen molar-refractivity contribution in [3.63, 3.8) is 0 Å². The number of hydrazine groups is 1. The molecule has 0 aliphatic carbocycles. The monoisotopic (exact) mass is 396 g/mol. The Morgan fingerprint density at radius 2 is 1.96 bits per heavy atom. The second-order valence-electron chi connectivity index (χ2n) is 6.11. The molecule has 2 aromatic rings. The van der Waals surface area contributed by atoms with Crippen LogP contribution in [0.15, 0.2) is 36.4 Å². The first-order valence-electron chi connectivity index (χ1n) is 8.23. The molecule has 0 aliphatic heterocycles. The number of benzene rings is 2. The Hall–Kier alpha value is -2.11. The summed E-state index contributed by atoms with van der Waals surface area (Å²) >= 11 is 12.2. The zero-order valence-electron chi connectivity index (χ0n) is 14.9. The summed E-state index contributed by atoms with van der Waals surface area (Å²) in [6.45, 7) is 4.75. The Balaban J connectivity index is 2.08. The quantitative estimate of drug-likeness (QED) is 0.603. The number of carbonyl (C=O) groups is 1. The fraction of sp³-hybridized carbons (Fsp3) is 0.316. The van der Waals surface area contributed by atoms with Crippen LogP contribution < -0.4 is 20.3 Å². The first kappa shape index (κ1) is 20.2. The number of ether oxygens (including phenoxy) is 2. The molecule has 0 atom stereocenters. The van der Waals surface area contributed by atoms with Crippen molar-refractivity contribution in [1.82, 2.24) is 5.43 Å². The summed E-state index contributed by atoms with van der Waals surface area (Å²) in [6.07, 6.45) is 0.894. The molecule has 2 rings (SSSR count). The van der Waals surface area contributed by atoms with Crippen molar-refractivity contribution in [2.75, 3.05) is 19.1 Å². The van der Waals surface area contributed by atoms with E-state index in [1.807, 2.05) is 0 Å². The molecule has 2 N–H and O–H groups in total. The average molecular weight is 397 g/mol. The number of hydrogen-bond acceptors (Lipinski definition) is 4. The summed E-state index contributed by atoms with van der Waals surface area (Å²) in [5, 5.41) is 0.887. The lowest BCUT2D eigenvalue weighted by Crippen LogP contribution is -2.29. The Morgan fingerprint density at radius 1 is 1.19 bits per heavy atom. The van der Waals surface area contributed by atoms with Crippen LogP contribution in [0.25, 0.3) is 0 Å². The third-order valence-electron chi connectivity index (χ3n) is 3.58. The van der Waals surface area contributed by atoms with Crippen LogP contribution >= 0.6 is 23.2 Å². The van der Waals surface area contributed by atoms with Gasteiger partial charge in [-0.2, -0.15) is 0 Å². The SMILES string of the molecule is COc1cc(C(=O)NNc2cccc(Cl)c2)cc(Cl)c1OCCC(C)C. The van der Waals surface area contributed by atoms with E-state index in [4.69, 9.17) is 32.7 Å². The average Bonchev–Trinajstić information content (AvgIpc) is 2.60. The minimum Gasteiger partial charge on any atom is -0.493 e. The molecule has 0 spiro atoms. The van der Waals surface area contributed by atoms with Gasteiger partial charge in [0.05, 0.1) is 24.4 Å². The predicted octanol–water partition coefficient (Wildman–Crippen LogP) is 5.18. The molecule has 0 bridgehead atoms. The van der Waals surface area contributed by atoms with Crippen LogP contribution in [0.2, 0.25) is 10.0 Å². The molecule has 0 unspecified atom stereocenters. The lowest BCUT2D eigenvalue weighted by atomic mass is 10.1. The van der Waals surface area contributed by atoms with Gasteiger partial charge in [-0.3, -0.25) is 15.6 Å². The van der Waals surface area contributed by atoms with Gasteiger partial charge < -0.3 is 9.47 Å². The highest BCUT2D eigenvalue weighted by Gasteiger charge is 2.16. The molecule has 0 saturated carbocycles. The van der Waals surface area contributed by atoms with Gasteiger partial charge in [0, 0.05) is 10.6 Å². The number of anilines is 1. The maximum absolute atomic E-state index is 12.4. The lowest BCUT2D eigenvalue weighted by Gasteiger charge is -2.15. The molecular weight excluding hydrogens is 375 g/mol. The van der Waals surface area contributed by atoms with E-state index >= 15 is 0 Å². The topological polar surface area (TPSA) is 59.6 Å². The largest absolute Gasteiger partial charge is 0.493 e. The van der Waals surface area contributed by atoms with Gasteiger partial charge in [0.15, 0.2) is 11.5 Å². The number of halogens is 2. The number of carbonyl (C=O) groups excluding carboxylic acids is 1. The van der Waals surface area contributed by atoms with Crippen molar-refractivity contribution in [2.24, 2.45) is 5.92 Å². The molecule has 1 amide bonds. The molecule has 2 aromatic carbocycles. The predicted molar refractivity (Wildman–Crippen MR) is 105 cm³/mol. The van der Waals surface area contributed by atoms with Crippen LogP contribution in [0.3, 0.4) is 0 Å². The zero-order valence-corrected chi connectivity index (χ0v) is 16.4. The second-order valence-corrected chi connectivity index (χ2v) is 6.95. The Labute approximate surface area is 163 Å². The fourth-order valence-corrected chi connectivity index (χ4v) is 2.61. The second kappa shape index (κ2) is 9.55. The van der Waals surface area contributed by atoms with Gasteiger partial charge in [-0.1, -0.05) is 43.1 Å². The molecule has 0 aromatic heterocycles. The van der Waals surface area contributed by atoms with E-state index < -0.39 is 0 Å². The Morgan fingerprint density at radius 3 is 2.62 bits per heavy atom. The van der Waals surface area contributed by atoms with Gasteiger partial charge in [-0.25, -0.2) is 0 Å². The van der Waals surface area contributed by atoms with Crippen molar-refractivity contribution in [1.29, 1.82) is 0 Å². The summed E-state index contributed by atoms with van der Waals surface area (Å²) in [6, 6.07) is 10.1. The molecule has 0 fully saturated rings. The van der Waals surface area contributed by atoms with Crippen LogP contribution in [0, 0.1) is 5.92 Å². The highest BCUT2D eigenvalue weighted by atomic mass is 35.5. The van der Waals surface area contributed by atoms with E-state index in [2.05, 4.69) is 24.7 Å². The number of rotatable bonds is 8. The molecule has 0 radical (unpaired) electrons. The van der Waals surface area contributed by atoms with Gasteiger partial charge in [0.25, 0.3) is 5.91 Å². The summed E-state index contributed by atoms with van der Waals surface area (Å²) in [7, 11) is 1.51.